The van der Waals surface area contributed by atoms with E-state index in [0.29, 0.717) is 0 Å². The molecule has 8 aromatic rings. The Balaban J connectivity index is 1.41. The first-order valence-corrected chi connectivity index (χ1v) is 20.0. The van der Waals surface area contributed by atoms with Crippen LogP contribution in [0.4, 0.5) is 0 Å². The van der Waals surface area contributed by atoms with Crippen molar-refractivity contribution in [1.29, 1.82) is 0 Å². The van der Waals surface area contributed by atoms with E-state index in [1.807, 2.05) is 35.4 Å². The zero-order chi connectivity index (χ0) is 30.9. The Labute approximate surface area is 271 Å². The van der Waals surface area contributed by atoms with Gasteiger partial charge in [-0.15, -0.1) is 0 Å². The fourth-order valence-corrected chi connectivity index (χ4v) is 19.2. The van der Waals surface area contributed by atoms with Crippen LogP contribution in [0.2, 0.25) is 0 Å². The molecule has 0 N–H and O–H groups in total. The summed E-state index contributed by atoms with van der Waals surface area (Å²) in [5.41, 5.74) is 7.24. The van der Waals surface area contributed by atoms with Crippen LogP contribution in [0, 0.1) is 0 Å². The van der Waals surface area contributed by atoms with Crippen LogP contribution in [0.5, 0.6) is 0 Å². The fraction of sp³-hybridized carbons (Fsp3) is 0.0732. The number of para-hydroxylation sites is 1. The SMILES string of the molecule is CC1(C)c2cccc[c]2[Ge]([c]2ccc3c4ccccc4n(-c4cccc(-n5cccn5)c4)c3c2)([c]2ccccn2)[c]2ccccc21. The normalized spacial score (nSPS) is 14.7. The summed E-state index contributed by atoms with van der Waals surface area (Å²) in [6.07, 6.45) is 5.79. The van der Waals surface area contributed by atoms with Crippen LogP contribution >= 0.6 is 0 Å². The Morgan fingerprint density at radius 2 is 1.26 bits per heavy atom. The van der Waals surface area contributed by atoms with Crippen LogP contribution in [0.25, 0.3) is 33.2 Å². The van der Waals surface area contributed by atoms with Crippen molar-refractivity contribution in [3.8, 4) is 11.4 Å². The van der Waals surface area contributed by atoms with Gasteiger partial charge < -0.3 is 0 Å². The Kier molecular flexibility index (Phi) is 5.99. The molecule has 5 aromatic carbocycles. The van der Waals surface area contributed by atoms with Crippen molar-refractivity contribution in [3.05, 3.63) is 169 Å². The van der Waals surface area contributed by atoms with Gasteiger partial charge in [-0.25, -0.2) is 0 Å². The minimum absolute atomic E-state index is 0.122. The van der Waals surface area contributed by atoms with E-state index in [1.54, 1.807) is 0 Å². The molecule has 0 bridgehead atoms. The number of hydrogen-bond acceptors (Lipinski definition) is 2. The molecule has 9 rings (SSSR count). The average molecular weight is 653 g/mol. The number of pyridine rings is 1. The number of hydrogen-bond donors (Lipinski definition) is 0. The van der Waals surface area contributed by atoms with Crippen LogP contribution in [0.3, 0.4) is 0 Å². The third kappa shape index (κ3) is 3.74. The van der Waals surface area contributed by atoms with Gasteiger partial charge in [0.2, 0.25) is 0 Å². The molecular weight excluding hydrogens is 621 g/mol. The monoisotopic (exact) mass is 654 g/mol. The summed E-state index contributed by atoms with van der Waals surface area (Å²) in [5, 5.41) is 7.01. The summed E-state index contributed by atoms with van der Waals surface area (Å²) in [7, 11) is 0. The van der Waals surface area contributed by atoms with E-state index >= 15 is 0 Å². The molecule has 46 heavy (non-hydrogen) atoms. The number of aromatic nitrogens is 4. The molecule has 0 aliphatic carbocycles. The number of nitrogens with zero attached hydrogens (tertiary/aromatic N) is 4. The van der Waals surface area contributed by atoms with Crippen molar-refractivity contribution in [2.24, 2.45) is 0 Å². The minimum atomic E-state index is -3.63. The van der Waals surface area contributed by atoms with Crippen molar-refractivity contribution in [2.75, 3.05) is 0 Å². The van der Waals surface area contributed by atoms with Crippen LogP contribution in [-0.2, 0) is 5.41 Å². The summed E-state index contributed by atoms with van der Waals surface area (Å²) in [5.74, 6) is 0. The molecule has 4 heterocycles. The summed E-state index contributed by atoms with van der Waals surface area (Å²) < 4.78 is 9.88. The molecule has 0 amide bonds. The van der Waals surface area contributed by atoms with Crippen molar-refractivity contribution in [1.82, 2.24) is 19.3 Å². The van der Waals surface area contributed by atoms with Crippen molar-refractivity contribution in [2.45, 2.75) is 19.3 Å². The first kappa shape index (κ1) is 27.1. The molecule has 0 fully saturated rings. The van der Waals surface area contributed by atoms with Gasteiger partial charge in [0.05, 0.1) is 0 Å². The van der Waals surface area contributed by atoms with Crippen molar-refractivity contribution >= 4 is 52.8 Å². The second-order valence-electron chi connectivity index (χ2n) is 12.7. The molecule has 0 atom stereocenters. The van der Waals surface area contributed by atoms with E-state index in [4.69, 9.17) is 4.98 Å². The van der Waals surface area contributed by atoms with Crippen LogP contribution in [0.1, 0.15) is 25.0 Å². The van der Waals surface area contributed by atoms with Gasteiger partial charge in [-0.2, -0.15) is 0 Å². The molecule has 3 aromatic heterocycles. The molecule has 4 nitrogen and oxygen atoms in total. The van der Waals surface area contributed by atoms with E-state index < -0.39 is 13.3 Å². The molecule has 1 aliphatic rings. The molecule has 0 radical (unpaired) electrons. The first-order valence-electron chi connectivity index (χ1n) is 15.8. The molecule has 220 valence electrons. The maximum atomic E-state index is 5.21. The van der Waals surface area contributed by atoms with Crippen LogP contribution in [-0.4, -0.2) is 32.6 Å². The van der Waals surface area contributed by atoms with Gasteiger partial charge in [0.1, 0.15) is 0 Å². The van der Waals surface area contributed by atoms with E-state index in [-0.39, 0.29) is 5.41 Å². The molecule has 1 aliphatic heterocycles. The zero-order valence-corrected chi connectivity index (χ0v) is 27.9. The molecule has 0 saturated carbocycles. The summed E-state index contributed by atoms with van der Waals surface area (Å²) in [4.78, 5) is 5.21. The van der Waals surface area contributed by atoms with Gasteiger partial charge in [-0.1, -0.05) is 0 Å². The predicted molar refractivity (Wildman–Crippen MR) is 191 cm³/mol. The Morgan fingerprint density at radius 1 is 0.565 bits per heavy atom. The van der Waals surface area contributed by atoms with Crippen LogP contribution in [0.15, 0.2) is 158 Å². The standard InChI is InChI=1S/C41H32GeN4/c1-41(2)34-16-4-6-18-36(34)42(40-21-9-10-24-43-40,37-19-7-5-17-35(37)41)29-22-23-33-32-15-3-8-20-38(32)46(39(33)27-29)31-14-11-13-30(28-31)45-26-12-25-44-45/h3-28H,1-2H3. The Bertz CT molecular complexity index is 2350. The topological polar surface area (TPSA) is 35.6 Å². The average Bonchev–Trinajstić information content (AvgIpc) is 3.76. The maximum absolute atomic E-state index is 5.21. The van der Waals surface area contributed by atoms with Gasteiger partial charge in [0, 0.05) is 0 Å². The van der Waals surface area contributed by atoms with E-state index in [2.05, 4.69) is 151 Å². The van der Waals surface area contributed by atoms with Gasteiger partial charge in [0.25, 0.3) is 0 Å². The third-order valence-corrected chi connectivity index (χ3v) is 19.9. The number of benzene rings is 5. The fourth-order valence-electron chi connectivity index (χ4n) is 8.00. The Morgan fingerprint density at radius 3 is 2.00 bits per heavy atom. The van der Waals surface area contributed by atoms with Gasteiger partial charge in [-0.05, 0) is 0 Å². The van der Waals surface area contributed by atoms with E-state index in [1.165, 1.54) is 50.6 Å². The third-order valence-electron chi connectivity index (χ3n) is 10.0. The summed E-state index contributed by atoms with van der Waals surface area (Å²) >= 11 is -3.63. The molecule has 0 unspecified atom stereocenters. The van der Waals surface area contributed by atoms with Crippen molar-refractivity contribution < 1.29 is 0 Å². The number of fused-ring (bicyclic) bond motifs is 5. The second-order valence-corrected chi connectivity index (χ2v) is 20.4. The Hall–Kier alpha value is -5.20. The van der Waals surface area contributed by atoms with Crippen molar-refractivity contribution in [3.63, 3.8) is 0 Å². The molecule has 0 saturated heterocycles. The van der Waals surface area contributed by atoms with Gasteiger partial charge in [-0.3, -0.25) is 0 Å². The quantitative estimate of drug-likeness (QED) is 0.207. The first-order chi connectivity index (χ1) is 22.6. The van der Waals surface area contributed by atoms with E-state index in [0.717, 1.165) is 11.4 Å². The van der Waals surface area contributed by atoms with Gasteiger partial charge >= 0.3 is 272 Å². The number of rotatable bonds is 4. The summed E-state index contributed by atoms with van der Waals surface area (Å²) in [6, 6.07) is 51.5. The predicted octanol–water partition coefficient (Wildman–Crippen LogP) is 6.38. The molecular formula is C41H32GeN4. The molecule has 5 heteroatoms. The van der Waals surface area contributed by atoms with Crippen LogP contribution < -0.4 is 17.7 Å². The van der Waals surface area contributed by atoms with Gasteiger partial charge in [0.15, 0.2) is 0 Å². The second kappa shape index (κ2) is 10.2. The molecule has 0 spiro atoms. The summed E-state index contributed by atoms with van der Waals surface area (Å²) in [6.45, 7) is 4.76. The van der Waals surface area contributed by atoms with E-state index in [9.17, 15) is 0 Å². The zero-order valence-electron chi connectivity index (χ0n) is 25.8.